The van der Waals surface area contributed by atoms with E-state index in [4.69, 9.17) is 0 Å². The van der Waals surface area contributed by atoms with Crippen LogP contribution in [-0.4, -0.2) is 38.1 Å². The highest BCUT2D eigenvalue weighted by Gasteiger charge is 2.44. The molecule has 2 rings (SSSR count). The minimum Gasteiger partial charge on any atom is -0.319 e. The van der Waals surface area contributed by atoms with Crippen LogP contribution >= 0.6 is 0 Å². The van der Waals surface area contributed by atoms with Crippen LogP contribution in [0.15, 0.2) is 0 Å². The summed E-state index contributed by atoms with van der Waals surface area (Å²) in [6.07, 6.45) is 5.87. The lowest BCUT2D eigenvalue weighted by Gasteiger charge is -2.54. The molecule has 2 heteroatoms. The summed E-state index contributed by atoms with van der Waals surface area (Å²) in [5, 5.41) is 3.33. The molecule has 0 aromatic rings. The zero-order valence-electron chi connectivity index (χ0n) is 11.3. The van der Waals surface area contributed by atoms with Crippen molar-refractivity contribution >= 4 is 0 Å². The van der Waals surface area contributed by atoms with E-state index in [2.05, 4.69) is 31.1 Å². The third kappa shape index (κ3) is 2.78. The lowest BCUT2D eigenvalue weighted by molar-refractivity contribution is -0.0430. The maximum absolute atomic E-state index is 3.33. The second kappa shape index (κ2) is 5.05. The number of nitrogens with one attached hydrogen (secondary N) is 1. The molecule has 0 atom stereocenters. The van der Waals surface area contributed by atoms with Crippen molar-refractivity contribution in [1.29, 1.82) is 0 Å². The second-order valence-corrected chi connectivity index (χ2v) is 6.56. The van der Waals surface area contributed by atoms with E-state index in [-0.39, 0.29) is 0 Å². The number of likely N-dealkylation sites (tertiary alicyclic amines) is 1. The third-order valence-corrected chi connectivity index (χ3v) is 4.40. The molecule has 2 nitrogen and oxygen atoms in total. The molecule has 16 heavy (non-hydrogen) atoms. The fraction of sp³-hybridized carbons (Fsp3) is 1.00. The van der Waals surface area contributed by atoms with Gasteiger partial charge in [0.05, 0.1) is 0 Å². The van der Waals surface area contributed by atoms with Gasteiger partial charge in [-0.1, -0.05) is 13.8 Å². The molecule has 0 amide bonds. The Morgan fingerprint density at radius 2 is 1.88 bits per heavy atom. The van der Waals surface area contributed by atoms with Crippen LogP contribution in [0.2, 0.25) is 0 Å². The summed E-state index contributed by atoms with van der Waals surface area (Å²) >= 11 is 0. The van der Waals surface area contributed by atoms with E-state index < -0.39 is 0 Å². The standard InChI is InChI=1S/C14H28N2/c1-12(2)9-16-10-14(11-16)6-4-13(5-7-14)8-15-3/h12-13,15H,4-11H2,1-3H3. The molecule has 2 aliphatic rings. The van der Waals surface area contributed by atoms with Gasteiger partial charge in [-0.25, -0.2) is 0 Å². The molecule has 1 aliphatic heterocycles. The highest BCUT2D eigenvalue weighted by Crippen LogP contribution is 2.45. The van der Waals surface area contributed by atoms with Crippen LogP contribution in [0, 0.1) is 17.3 Å². The lowest BCUT2D eigenvalue weighted by atomic mass is 9.66. The molecule has 0 aromatic carbocycles. The van der Waals surface area contributed by atoms with Gasteiger partial charge in [-0.15, -0.1) is 0 Å². The quantitative estimate of drug-likeness (QED) is 0.788. The van der Waals surface area contributed by atoms with Crippen molar-refractivity contribution in [3.8, 4) is 0 Å². The lowest BCUT2D eigenvalue weighted by Crippen LogP contribution is -2.58. The summed E-state index contributed by atoms with van der Waals surface area (Å²) in [4.78, 5) is 2.66. The molecule has 1 aliphatic carbocycles. The molecule has 1 spiro atoms. The molecule has 1 heterocycles. The molecule has 2 fully saturated rings. The smallest absolute Gasteiger partial charge is 0.00506 e. The van der Waals surface area contributed by atoms with Crippen LogP contribution in [0.1, 0.15) is 39.5 Å². The molecule has 0 aromatic heterocycles. The first-order chi connectivity index (χ1) is 7.63. The van der Waals surface area contributed by atoms with Gasteiger partial charge in [0.2, 0.25) is 0 Å². The largest absolute Gasteiger partial charge is 0.319 e. The molecule has 1 N–H and O–H groups in total. The molecule has 0 bridgehead atoms. The maximum Gasteiger partial charge on any atom is 0.00506 e. The van der Waals surface area contributed by atoms with Crippen molar-refractivity contribution in [2.75, 3.05) is 33.2 Å². The zero-order chi connectivity index (χ0) is 11.6. The van der Waals surface area contributed by atoms with Crippen molar-refractivity contribution < 1.29 is 0 Å². The Labute approximate surface area is 101 Å². The van der Waals surface area contributed by atoms with E-state index >= 15 is 0 Å². The Kier molecular flexibility index (Phi) is 3.91. The van der Waals surface area contributed by atoms with Crippen LogP contribution in [0.3, 0.4) is 0 Å². The van der Waals surface area contributed by atoms with Crippen molar-refractivity contribution in [3.05, 3.63) is 0 Å². The molecule has 1 saturated carbocycles. The van der Waals surface area contributed by atoms with Crippen molar-refractivity contribution in [2.24, 2.45) is 17.3 Å². The first-order valence-corrected chi connectivity index (χ1v) is 7.00. The summed E-state index contributed by atoms with van der Waals surface area (Å²) in [6, 6.07) is 0. The fourth-order valence-electron chi connectivity index (χ4n) is 3.65. The predicted molar refractivity (Wildman–Crippen MR) is 69.6 cm³/mol. The van der Waals surface area contributed by atoms with Crippen molar-refractivity contribution in [2.45, 2.75) is 39.5 Å². The molecule has 94 valence electrons. The van der Waals surface area contributed by atoms with E-state index in [0.29, 0.717) is 0 Å². The molecule has 1 saturated heterocycles. The van der Waals surface area contributed by atoms with Gasteiger partial charge in [0.15, 0.2) is 0 Å². The van der Waals surface area contributed by atoms with Gasteiger partial charge in [-0.3, -0.25) is 0 Å². The normalized spacial score (nSPS) is 26.2. The van der Waals surface area contributed by atoms with Gasteiger partial charge in [0, 0.05) is 19.6 Å². The number of rotatable bonds is 4. The van der Waals surface area contributed by atoms with Crippen LogP contribution in [-0.2, 0) is 0 Å². The van der Waals surface area contributed by atoms with E-state index in [0.717, 1.165) is 17.3 Å². The van der Waals surface area contributed by atoms with Gasteiger partial charge >= 0.3 is 0 Å². The summed E-state index contributed by atoms with van der Waals surface area (Å²) < 4.78 is 0. The van der Waals surface area contributed by atoms with Crippen LogP contribution in [0.5, 0.6) is 0 Å². The Morgan fingerprint density at radius 1 is 1.25 bits per heavy atom. The highest BCUT2D eigenvalue weighted by molar-refractivity contribution is 4.98. The first-order valence-electron chi connectivity index (χ1n) is 7.00. The van der Waals surface area contributed by atoms with E-state index in [1.54, 1.807) is 0 Å². The second-order valence-electron chi connectivity index (χ2n) is 6.56. The van der Waals surface area contributed by atoms with Gasteiger partial charge < -0.3 is 10.2 Å². The molecular formula is C14H28N2. The summed E-state index contributed by atoms with van der Waals surface area (Å²) in [7, 11) is 2.08. The van der Waals surface area contributed by atoms with Gasteiger partial charge in [-0.2, -0.15) is 0 Å². The van der Waals surface area contributed by atoms with E-state index in [9.17, 15) is 0 Å². The van der Waals surface area contributed by atoms with Gasteiger partial charge in [-0.05, 0) is 56.5 Å². The predicted octanol–water partition coefficient (Wildman–Crippen LogP) is 2.35. The summed E-state index contributed by atoms with van der Waals surface area (Å²) in [5.41, 5.74) is 0.735. The number of hydrogen-bond donors (Lipinski definition) is 1. The fourth-order valence-corrected chi connectivity index (χ4v) is 3.65. The zero-order valence-corrected chi connectivity index (χ0v) is 11.3. The monoisotopic (exact) mass is 224 g/mol. The highest BCUT2D eigenvalue weighted by atomic mass is 15.2. The Hall–Kier alpha value is -0.0800. The Bertz CT molecular complexity index is 209. The maximum atomic E-state index is 3.33. The number of hydrogen-bond acceptors (Lipinski definition) is 2. The summed E-state index contributed by atoms with van der Waals surface area (Å²) in [6.45, 7) is 9.96. The minimum atomic E-state index is 0.735. The van der Waals surface area contributed by atoms with Crippen LogP contribution < -0.4 is 5.32 Å². The van der Waals surface area contributed by atoms with Crippen molar-refractivity contribution in [1.82, 2.24) is 10.2 Å². The Morgan fingerprint density at radius 3 is 2.38 bits per heavy atom. The first kappa shape index (κ1) is 12.4. The topological polar surface area (TPSA) is 15.3 Å². The third-order valence-electron chi connectivity index (χ3n) is 4.40. The summed E-state index contributed by atoms with van der Waals surface area (Å²) in [5.74, 6) is 1.78. The van der Waals surface area contributed by atoms with Crippen molar-refractivity contribution in [3.63, 3.8) is 0 Å². The molecule has 0 unspecified atom stereocenters. The average Bonchev–Trinajstić information content (AvgIpc) is 2.18. The van der Waals surface area contributed by atoms with Gasteiger partial charge in [0.1, 0.15) is 0 Å². The van der Waals surface area contributed by atoms with Crippen LogP contribution in [0.25, 0.3) is 0 Å². The molecular weight excluding hydrogens is 196 g/mol. The minimum absolute atomic E-state index is 0.735. The molecule has 0 radical (unpaired) electrons. The number of nitrogens with zero attached hydrogens (tertiary/aromatic N) is 1. The van der Waals surface area contributed by atoms with Crippen LogP contribution in [0.4, 0.5) is 0 Å². The van der Waals surface area contributed by atoms with E-state index in [1.807, 2.05) is 0 Å². The van der Waals surface area contributed by atoms with Gasteiger partial charge in [0.25, 0.3) is 0 Å². The van der Waals surface area contributed by atoms with E-state index in [1.165, 1.54) is 51.9 Å². The SMILES string of the molecule is CNCC1CCC2(CC1)CN(CC(C)C)C2. The Balaban J connectivity index is 1.70. The average molecular weight is 224 g/mol.